The Kier molecular flexibility index (Phi) is 5.92. The third-order valence-electron chi connectivity index (χ3n) is 7.29. The lowest BCUT2D eigenvalue weighted by Crippen LogP contribution is -2.30. The highest BCUT2D eigenvalue weighted by atomic mass is 35.5. The molecule has 1 aromatic heterocycles. The minimum atomic E-state index is -0.326. The number of nitrogens with zero attached hydrogens (tertiary/aromatic N) is 3. The first kappa shape index (κ1) is 20.2. The maximum atomic E-state index is 13.5. The molecule has 0 radical (unpaired) electrons. The van der Waals surface area contributed by atoms with Gasteiger partial charge >= 0.3 is 0 Å². The van der Waals surface area contributed by atoms with Crippen molar-refractivity contribution in [2.45, 2.75) is 51.0 Å². The van der Waals surface area contributed by atoms with E-state index in [0.29, 0.717) is 22.3 Å². The van der Waals surface area contributed by atoms with Crippen molar-refractivity contribution in [3.8, 4) is 11.3 Å². The van der Waals surface area contributed by atoms with Crippen LogP contribution in [0.5, 0.6) is 0 Å². The van der Waals surface area contributed by atoms with Crippen LogP contribution >= 0.6 is 11.6 Å². The van der Waals surface area contributed by atoms with Crippen molar-refractivity contribution in [1.29, 1.82) is 0 Å². The van der Waals surface area contributed by atoms with Crippen molar-refractivity contribution >= 4 is 17.4 Å². The normalized spacial score (nSPS) is 27.3. The van der Waals surface area contributed by atoms with Crippen LogP contribution in [0.4, 0.5) is 10.2 Å². The van der Waals surface area contributed by atoms with Crippen LogP contribution in [0.15, 0.2) is 30.3 Å². The molecule has 1 aliphatic heterocycles. The van der Waals surface area contributed by atoms with Crippen molar-refractivity contribution in [3.05, 3.63) is 41.2 Å². The van der Waals surface area contributed by atoms with Gasteiger partial charge in [0.05, 0.1) is 10.7 Å². The molecule has 2 atom stereocenters. The fourth-order valence-corrected chi connectivity index (χ4v) is 6.07. The molecule has 0 spiro atoms. The number of benzene rings is 1. The number of hydrogen-bond donors (Lipinski definition) is 1. The summed E-state index contributed by atoms with van der Waals surface area (Å²) in [6.07, 6.45) is 9.60. The van der Waals surface area contributed by atoms with E-state index in [1.54, 1.807) is 6.07 Å². The van der Waals surface area contributed by atoms with Gasteiger partial charge in [0.25, 0.3) is 0 Å². The number of likely N-dealkylation sites (tertiary alicyclic amines) is 1. The predicted molar refractivity (Wildman–Crippen MR) is 119 cm³/mol. The molecule has 1 saturated heterocycles. The Morgan fingerprint density at radius 3 is 2.47 bits per heavy atom. The lowest BCUT2D eigenvalue weighted by Gasteiger charge is -2.27. The molecule has 30 heavy (non-hydrogen) atoms. The molecule has 1 N–H and O–H groups in total. The van der Waals surface area contributed by atoms with E-state index in [1.807, 2.05) is 12.1 Å². The number of hydrogen-bond acceptors (Lipinski definition) is 4. The first-order chi connectivity index (χ1) is 14.6. The van der Waals surface area contributed by atoms with Gasteiger partial charge in [-0.15, -0.1) is 10.2 Å². The Bertz CT molecular complexity index is 854. The van der Waals surface area contributed by atoms with Crippen LogP contribution < -0.4 is 5.32 Å². The molecule has 5 rings (SSSR count). The zero-order valence-electron chi connectivity index (χ0n) is 17.4. The summed E-state index contributed by atoms with van der Waals surface area (Å²) in [4.78, 5) is 2.73. The molecule has 0 amide bonds. The van der Waals surface area contributed by atoms with Crippen molar-refractivity contribution in [1.82, 2.24) is 15.1 Å². The maximum absolute atomic E-state index is 13.5. The highest BCUT2D eigenvalue weighted by Gasteiger charge is 2.41. The molecule has 6 heteroatoms. The quantitative estimate of drug-likeness (QED) is 0.669. The summed E-state index contributed by atoms with van der Waals surface area (Å²) in [6.45, 7) is 3.85. The fourth-order valence-electron chi connectivity index (χ4n) is 5.85. The van der Waals surface area contributed by atoms with Crippen LogP contribution in [-0.4, -0.2) is 40.8 Å². The van der Waals surface area contributed by atoms with Gasteiger partial charge in [-0.3, -0.25) is 0 Å². The molecule has 3 fully saturated rings. The van der Waals surface area contributed by atoms with Crippen LogP contribution in [0, 0.1) is 23.6 Å². The van der Waals surface area contributed by atoms with E-state index in [1.165, 1.54) is 76.7 Å². The van der Waals surface area contributed by atoms with Crippen LogP contribution in [-0.2, 0) is 0 Å². The molecule has 2 aromatic rings. The highest BCUT2D eigenvalue weighted by Crippen LogP contribution is 2.40. The standard InChI is InChI=1S/C24H30ClFN4/c25-22-7-6-19(26)12-21(22)23-8-9-24(29-28-23)27-20-10-17-14-30(15-18(17)11-20)13-16-4-2-1-3-5-16/h6-9,12,16-18,20H,1-5,10-11,13-15H2,(H,27,29). The molecule has 2 aliphatic carbocycles. The lowest BCUT2D eigenvalue weighted by molar-refractivity contribution is 0.221. The van der Waals surface area contributed by atoms with Gasteiger partial charge in [-0.2, -0.15) is 0 Å². The van der Waals surface area contributed by atoms with E-state index in [2.05, 4.69) is 20.4 Å². The Balaban J connectivity index is 1.14. The second kappa shape index (κ2) is 8.80. The van der Waals surface area contributed by atoms with E-state index >= 15 is 0 Å². The molecular weight excluding hydrogens is 399 g/mol. The van der Waals surface area contributed by atoms with Gasteiger partial charge in [0.15, 0.2) is 0 Å². The van der Waals surface area contributed by atoms with Gasteiger partial charge in [0.1, 0.15) is 11.6 Å². The monoisotopic (exact) mass is 428 g/mol. The number of anilines is 1. The largest absolute Gasteiger partial charge is 0.366 e. The molecule has 160 valence electrons. The van der Waals surface area contributed by atoms with Crippen molar-refractivity contribution < 1.29 is 4.39 Å². The van der Waals surface area contributed by atoms with Gasteiger partial charge in [0, 0.05) is 31.2 Å². The summed E-state index contributed by atoms with van der Waals surface area (Å²) in [7, 11) is 0. The Morgan fingerprint density at radius 2 is 1.77 bits per heavy atom. The molecule has 4 nitrogen and oxygen atoms in total. The second-order valence-corrected chi connectivity index (χ2v) is 9.89. The Morgan fingerprint density at radius 1 is 1.00 bits per heavy atom. The van der Waals surface area contributed by atoms with Crippen molar-refractivity contribution in [2.24, 2.45) is 17.8 Å². The number of aromatic nitrogens is 2. The van der Waals surface area contributed by atoms with Gasteiger partial charge in [-0.1, -0.05) is 30.9 Å². The lowest BCUT2D eigenvalue weighted by atomic mass is 9.89. The topological polar surface area (TPSA) is 41.0 Å². The Labute approximate surface area is 183 Å². The van der Waals surface area contributed by atoms with E-state index < -0.39 is 0 Å². The zero-order chi connectivity index (χ0) is 20.5. The third kappa shape index (κ3) is 4.47. The fraction of sp³-hybridized carbons (Fsp3) is 0.583. The van der Waals surface area contributed by atoms with Crippen LogP contribution in [0.3, 0.4) is 0 Å². The highest BCUT2D eigenvalue weighted by molar-refractivity contribution is 6.33. The third-order valence-corrected chi connectivity index (χ3v) is 7.62. The van der Waals surface area contributed by atoms with Gasteiger partial charge in [-0.25, -0.2) is 4.39 Å². The van der Waals surface area contributed by atoms with Crippen LogP contribution in [0.25, 0.3) is 11.3 Å². The van der Waals surface area contributed by atoms with Gasteiger partial charge in [-0.05, 0) is 73.8 Å². The molecular formula is C24H30ClFN4. The van der Waals surface area contributed by atoms with Crippen molar-refractivity contribution in [2.75, 3.05) is 25.0 Å². The van der Waals surface area contributed by atoms with Crippen LogP contribution in [0.1, 0.15) is 44.9 Å². The summed E-state index contributed by atoms with van der Waals surface area (Å²) < 4.78 is 13.5. The zero-order valence-corrected chi connectivity index (χ0v) is 18.1. The first-order valence-electron chi connectivity index (χ1n) is 11.4. The summed E-state index contributed by atoms with van der Waals surface area (Å²) in [6, 6.07) is 8.55. The van der Waals surface area contributed by atoms with E-state index in [0.717, 1.165) is 23.6 Å². The summed E-state index contributed by atoms with van der Waals surface area (Å²) in [5.41, 5.74) is 1.16. The SMILES string of the molecule is Fc1ccc(Cl)c(-c2ccc(NC3CC4CN(CC5CCCCC5)CC4C3)nn2)c1. The van der Waals surface area contributed by atoms with Crippen LogP contribution in [0.2, 0.25) is 5.02 Å². The predicted octanol–water partition coefficient (Wildman–Crippen LogP) is 5.64. The van der Waals surface area contributed by atoms with Crippen molar-refractivity contribution in [3.63, 3.8) is 0 Å². The van der Waals surface area contributed by atoms with Gasteiger partial charge < -0.3 is 10.2 Å². The van der Waals surface area contributed by atoms with Gasteiger partial charge in [0.2, 0.25) is 0 Å². The summed E-state index contributed by atoms with van der Waals surface area (Å²) in [5.74, 6) is 3.02. The minimum absolute atomic E-state index is 0.326. The molecule has 2 heterocycles. The molecule has 2 saturated carbocycles. The van der Waals surface area contributed by atoms with E-state index in [4.69, 9.17) is 11.6 Å². The summed E-state index contributed by atoms with van der Waals surface area (Å²) in [5, 5.41) is 12.6. The maximum Gasteiger partial charge on any atom is 0.148 e. The van der Waals surface area contributed by atoms with E-state index in [9.17, 15) is 4.39 Å². The average Bonchev–Trinajstić information content (AvgIpc) is 3.29. The average molecular weight is 429 g/mol. The first-order valence-corrected chi connectivity index (χ1v) is 11.8. The molecule has 3 aliphatic rings. The number of rotatable bonds is 5. The number of nitrogens with one attached hydrogen (secondary N) is 1. The smallest absolute Gasteiger partial charge is 0.148 e. The number of halogens is 2. The minimum Gasteiger partial charge on any atom is -0.366 e. The molecule has 0 bridgehead atoms. The second-order valence-electron chi connectivity index (χ2n) is 9.48. The summed E-state index contributed by atoms with van der Waals surface area (Å²) >= 11 is 6.18. The molecule has 2 unspecified atom stereocenters. The number of fused-ring (bicyclic) bond motifs is 1. The molecule has 1 aromatic carbocycles. The Hall–Kier alpha value is -1.72. The van der Waals surface area contributed by atoms with E-state index in [-0.39, 0.29) is 5.82 Å².